The maximum Gasteiger partial charge on any atom is 0.329 e. The maximum atomic E-state index is 12.8. The van der Waals surface area contributed by atoms with E-state index in [4.69, 9.17) is 14.7 Å². The zero-order chi connectivity index (χ0) is 24.9. The molecule has 1 fully saturated rings. The molecular formula is C29H34N4O3. The number of nitrogens with zero attached hydrogens (tertiary/aromatic N) is 3. The molecular weight excluding hydrogens is 452 g/mol. The highest BCUT2D eigenvalue weighted by Crippen LogP contribution is 2.32. The van der Waals surface area contributed by atoms with E-state index in [0.717, 1.165) is 56.2 Å². The van der Waals surface area contributed by atoms with Gasteiger partial charge in [-0.1, -0.05) is 36.4 Å². The summed E-state index contributed by atoms with van der Waals surface area (Å²) in [4.78, 5) is 37.6. The average Bonchev–Trinajstić information content (AvgIpc) is 3.02. The fourth-order valence-electron chi connectivity index (χ4n) is 5.10. The lowest BCUT2D eigenvalue weighted by molar-refractivity contribution is 0.109. The van der Waals surface area contributed by atoms with Gasteiger partial charge in [0, 0.05) is 18.7 Å². The molecule has 1 aromatic heterocycles. The largest absolute Gasteiger partial charge is 0.474 e. The molecule has 3 heterocycles. The summed E-state index contributed by atoms with van der Waals surface area (Å²) >= 11 is 0. The molecule has 1 aromatic carbocycles. The van der Waals surface area contributed by atoms with Crippen LogP contribution in [-0.4, -0.2) is 27.3 Å². The van der Waals surface area contributed by atoms with Crippen molar-refractivity contribution in [2.24, 2.45) is 15.9 Å². The van der Waals surface area contributed by atoms with E-state index in [2.05, 4.69) is 35.3 Å². The Hall–Kier alpha value is -3.48. The smallest absolute Gasteiger partial charge is 0.329 e. The maximum absolute atomic E-state index is 12.8. The molecule has 0 saturated heterocycles. The molecule has 1 atom stereocenters. The number of hydrogen-bond donors (Lipinski definition) is 1. The van der Waals surface area contributed by atoms with Crippen LogP contribution in [0.3, 0.4) is 0 Å². The minimum atomic E-state index is -0.407. The first-order chi connectivity index (χ1) is 17.6. The summed E-state index contributed by atoms with van der Waals surface area (Å²) in [5.41, 5.74) is 3.14. The number of benzene rings is 1. The number of aliphatic imine (C=N–C) groups is 2. The predicted molar refractivity (Wildman–Crippen MR) is 143 cm³/mol. The Labute approximate surface area is 211 Å². The van der Waals surface area contributed by atoms with Crippen LogP contribution < -0.4 is 11.2 Å². The highest BCUT2D eigenvalue weighted by atomic mass is 16.5. The molecule has 36 heavy (non-hydrogen) atoms. The molecule has 3 aliphatic rings. The van der Waals surface area contributed by atoms with Crippen molar-refractivity contribution < 1.29 is 4.74 Å². The van der Waals surface area contributed by atoms with E-state index in [1.807, 2.05) is 25.3 Å². The number of rotatable bonds is 6. The van der Waals surface area contributed by atoms with Crippen LogP contribution in [0.4, 0.5) is 5.82 Å². The molecule has 1 saturated carbocycles. The second kappa shape index (κ2) is 11.1. The van der Waals surface area contributed by atoms with E-state index >= 15 is 0 Å². The van der Waals surface area contributed by atoms with Crippen LogP contribution in [0.25, 0.3) is 0 Å². The lowest BCUT2D eigenvalue weighted by Crippen LogP contribution is -2.31. The fraction of sp³-hybridized carbons (Fsp3) is 0.448. The number of aryl methyl sites for hydroxylation is 1. The van der Waals surface area contributed by atoms with Gasteiger partial charge in [-0.3, -0.25) is 14.3 Å². The molecule has 0 bridgehead atoms. The number of hydrogen-bond acceptors (Lipinski definition) is 5. The first-order valence-corrected chi connectivity index (χ1v) is 13.2. The number of aromatic amines is 1. The Morgan fingerprint density at radius 2 is 1.94 bits per heavy atom. The number of fused-ring (bicyclic) bond motifs is 1. The molecule has 1 unspecified atom stereocenters. The number of ether oxygens (including phenoxy) is 1. The van der Waals surface area contributed by atoms with Crippen molar-refractivity contribution >= 4 is 17.4 Å². The van der Waals surface area contributed by atoms with Gasteiger partial charge in [0.15, 0.2) is 0 Å². The first-order valence-electron chi connectivity index (χ1n) is 13.2. The van der Waals surface area contributed by atoms with E-state index in [1.54, 1.807) is 4.57 Å². The van der Waals surface area contributed by atoms with Crippen molar-refractivity contribution in [3.8, 4) is 0 Å². The zero-order valence-corrected chi connectivity index (χ0v) is 20.9. The van der Waals surface area contributed by atoms with Crippen molar-refractivity contribution in [3.05, 3.63) is 86.2 Å². The second-order valence-corrected chi connectivity index (χ2v) is 9.80. The van der Waals surface area contributed by atoms with Gasteiger partial charge in [0.25, 0.3) is 5.56 Å². The van der Waals surface area contributed by atoms with E-state index in [1.165, 1.54) is 12.0 Å². The van der Waals surface area contributed by atoms with Crippen LogP contribution in [0.5, 0.6) is 0 Å². The highest BCUT2D eigenvalue weighted by molar-refractivity contribution is 6.04. The SMILES string of the molecule is CCn1c2c(c(=O)[nH]c1=O)CCC(CCc1ccccc1)C(/C1=C/N=C(OC3CCC3)/C=C\CC1)=N2. The Balaban J connectivity index is 1.54. The van der Waals surface area contributed by atoms with Gasteiger partial charge in [0.05, 0.1) is 11.3 Å². The van der Waals surface area contributed by atoms with Gasteiger partial charge in [0.1, 0.15) is 11.9 Å². The van der Waals surface area contributed by atoms with E-state index in [-0.39, 0.29) is 17.6 Å². The molecule has 1 aliphatic carbocycles. The van der Waals surface area contributed by atoms with Crippen LogP contribution >= 0.6 is 0 Å². The molecule has 0 amide bonds. The normalized spacial score (nSPS) is 23.9. The average molecular weight is 487 g/mol. The zero-order valence-electron chi connectivity index (χ0n) is 20.9. The van der Waals surface area contributed by atoms with E-state index in [0.29, 0.717) is 30.2 Å². The first kappa shape index (κ1) is 24.2. The van der Waals surface area contributed by atoms with Gasteiger partial charge in [0.2, 0.25) is 5.90 Å². The molecule has 188 valence electrons. The third kappa shape index (κ3) is 5.35. The molecule has 0 radical (unpaired) electrons. The lowest BCUT2D eigenvalue weighted by atomic mass is 9.86. The van der Waals surface area contributed by atoms with Crippen LogP contribution in [0.15, 0.2) is 73.8 Å². The number of aromatic nitrogens is 2. The van der Waals surface area contributed by atoms with Crippen LogP contribution in [0, 0.1) is 5.92 Å². The standard InChI is InChI=1S/C29H34N4O3/c1-2-33-27-24(28(34)32-29(33)35)18-17-21(16-15-20-9-4-3-5-10-20)26(31-27)22-11-6-7-14-25(30-19-22)36-23-12-8-13-23/h3-5,7,9-10,14,19,21,23H,2,6,8,11-13,15-18H2,1H3,(H,32,34,35)/b14-7-,22-19+,30-25-. The quantitative estimate of drug-likeness (QED) is 0.621. The number of H-pyrrole nitrogens is 1. The minimum absolute atomic E-state index is 0.151. The molecule has 7 nitrogen and oxygen atoms in total. The van der Waals surface area contributed by atoms with Crippen molar-refractivity contribution in [1.29, 1.82) is 0 Å². The Morgan fingerprint density at radius 1 is 1.11 bits per heavy atom. The van der Waals surface area contributed by atoms with Gasteiger partial charge in [-0.05, 0) is 81.9 Å². The summed E-state index contributed by atoms with van der Waals surface area (Å²) in [6, 6.07) is 10.5. The second-order valence-electron chi connectivity index (χ2n) is 9.80. The van der Waals surface area contributed by atoms with Crippen molar-refractivity contribution in [2.75, 3.05) is 0 Å². The van der Waals surface area contributed by atoms with Gasteiger partial charge in [-0.25, -0.2) is 14.8 Å². The van der Waals surface area contributed by atoms with Crippen molar-refractivity contribution in [2.45, 2.75) is 77.4 Å². The Kier molecular flexibility index (Phi) is 7.44. The van der Waals surface area contributed by atoms with Crippen molar-refractivity contribution in [1.82, 2.24) is 9.55 Å². The molecule has 1 N–H and O–H groups in total. The third-order valence-corrected chi connectivity index (χ3v) is 7.42. The van der Waals surface area contributed by atoms with Gasteiger partial charge < -0.3 is 4.74 Å². The van der Waals surface area contributed by atoms with Crippen molar-refractivity contribution in [3.63, 3.8) is 0 Å². The van der Waals surface area contributed by atoms with Gasteiger partial charge >= 0.3 is 5.69 Å². The molecule has 2 aromatic rings. The van der Waals surface area contributed by atoms with Crippen LogP contribution in [0.2, 0.25) is 0 Å². The Bertz CT molecular complexity index is 1330. The monoisotopic (exact) mass is 486 g/mol. The molecule has 0 spiro atoms. The summed E-state index contributed by atoms with van der Waals surface area (Å²) in [5.74, 6) is 1.30. The summed E-state index contributed by atoms with van der Waals surface area (Å²) in [7, 11) is 0. The number of nitrogens with one attached hydrogen (secondary N) is 1. The topological polar surface area (TPSA) is 88.8 Å². The van der Waals surface area contributed by atoms with E-state index in [9.17, 15) is 9.59 Å². The van der Waals surface area contributed by atoms with Gasteiger partial charge in [-0.15, -0.1) is 0 Å². The fourth-order valence-corrected chi connectivity index (χ4v) is 5.10. The predicted octanol–water partition coefficient (Wildman–Crippen LogP) is 5.03. The summed E-state index contributed by atoms with van der Waals surface area (Å²) in [5, 5.41) is 0. The Morgan fingerprint density at radius 3 is 2.69 bits per heavy atom. The summed E-state index contributed by atoms with van der Waals surface area (Å²) in [6.07, 6.45) is 14.5. The highest BCUT2D eigenvalue weighted by Gasteiger charge is 2.27. The summed E-state index contributed by atoms with van der Waals surface area (Å²) in [6.45, 7) is 2.35. The van der Waals surface area contributed by atoms with Crippen LogP contribution in [0.1, 0.15) is 63.0 Å². The minimum Gasteiger partial charge on any atom is -0.474 e. The number of allylic oxidation sites excluding steroid dienone is 2. The molecule has 2 aliphatic heterocycles. The third-order valence-electron chi connectivity index (χ3n) is 7.42. The van der Waals surface area contributed by atoms with E-state index < -0.39 is 5.69 Å². The molecule has 7 heteroatoms. The molecule has 5 rings (SSSR count). The lowest BCUT2D eigenvalue weighted by Gasteiger charge is -2.26. The van der Waals surface area contributed by atoms with Gasteiger partial charge in [-0.2, -0.15) is 0 Å². The summed E-state index contributed by atoms with van der Waals surface area (Å²) < 4.78 is 7.64. The van der Waals surface area contributed by atoms with Crippen LogP contribution in [-0.2, 0) is 24.1 Å².